The third-order valence-electron chi connectivity index (χ3n) is 5.13. The van der Waals surface area contributed by atoms with Crippen molar-refractivity contribution in [2.75, 3.05) is 5.32 Å². The quantitative estimate of drug-likeness (QED) is 0.424. The maximum absolute atomic E-state index is 12.8. The average Bonchev–Trinajstić information content (AvgIpc) is 2.84. The largest absolute Gasteiger partial charge is 0.416 e. The first-order valence-electron chi connectivity index (χ1n) is 10.6. The summed E-state index contributed by atoms with van der Waals surface area (Å²) in [4.78, 5) is 33.5. The second-order valence-corrected chi connectivity index (χ2v) is 7.95. The molecule has 0 spiro atoms. The first kappa shape index (κ1) is 23.8. The maximum atomic E-state index is 12.8. The molecule has 0 saturated carbocycles. The summed E-state index contributed by atoms with van der Waals surface area (Å²) in [5.41, 5.74) is 1.12. The lowest BCUT2D eigenvalue weighted by Gasteiger charge is -2.13. The van der Waals surface area contributed by atoms with Crippen LogP contribution in [0, 0.1) is 0 Å². The van der Waals surface area contributed by atoms with Crippen LogP contribution in [0.15, 0.2) is 77.7 Å². The van der Waals surface area contributed by atoms with E-state index >= 15 is 0 Å². The summed E-state index contributed by atoms with van der Waals surface area (Å²) in [7, 11) is 0. The molecule has 0 aliphatic carbocycles. The Morgan fingerprint density at radius 1 is 0.971 bits per heavy atom. The van der Waals surface area contributed by atoms with Crippen molar-refractivity contribution in [1.82, 2.24) is 19.7 Å². The Hall–Kier alpha value is -4.34. The fraction of sp³-hybridized carbons (Fsp3) is 0.160. The van der Waals surface area contributed by atoms with Gasteiger partial charge in [-0.25, -0.2) is 14.6 Å². The van der Waals surface area contributed by atoms with E-state index in [0.29, 0.717) is 17.0 Å². The van der Waals surface area contributed by atoms with E-state index in [9.17, 15) is 22.8 Å². The van der Waals surface area contributed by atoms with Crippen molar-refractivity contribution >= 4 is 11.9 Å². The lowest BCUT2D eigenvalue weighted by atomic mass is 10.0. The van der Waals surface area contributed by atoms with E-state index in [1.165, 1.54) is 16.9 Å². The molecule has 0 fully saturated rings. The monoisotopic (exact) mass is 479 g/mol. The average molecular weight is 479 g/mol. The van der Waals surface area contributed by atoms with Crippen molar-refractivity contribution in [2.24, 2.45) is 0 Å². The molecule has 0 bridgehead atoms. The van der Waals surface area contributed by atoms with Gasteiger partial charge in [0.15, 0.2) is 0 Å². The number of nitrogens with one attached hydrogen (secondary N) is 1. The van der Waals surface area contributed by atoms with Crippen LogP contribution in [0.2, 0.25) is 0 Å². The molecule has 4 aromatic rings. The molecule has 7 nitrogen and oxygen atoms in total. The standard InChI is InChI=1S/C25H20F3N5O2/c1-15(2)33-21(34)13-12-20(32-33)19-14-29-24(30-22(19)16-6-4-3-5-7-16)31-23(35)17-8-10-18(11-9-17)25(26,27)28/h3-15H,1-2H3,(H,29,30,31,35). The minimum absolute atomic E-state index is 0.0256. The van der Waals surface area contributed by atoms with E-state index in [1.807, 2.05) is 44.2 Å². The number of amides is 1. The molecule has 35 heavy (non-hydrogen) atoms. The van der Waals surface area contributed by atoms with Crippen LogP contribution in [-0.2, 0) is 6.18 Å². The lowest BCUT2D eigenvalue weighted by molar-refractivity contribution is -0.137. The van der Waals surface area contributed by atoms with Crippen LogP contribution < -0.4 is 10.9 Å². The van der Waals surface area contributed by atoms with Crippen molar-refractivity contribution in [3.63, 3.8) is 0 Å². The molecule has 178 valence electrons. The van der Waals surface area contributed by atoms with E-state index < -0.39 is 17.6 Å². The normalized spacial score (nSPS) is 11.5. The molecule has 0 aliphatic rings. The molecular weight excluding hydrogens is 459 g/mol. The Labute approximate surface area is 198 Å². The first-order valence-corrected chi connectivity index (χ1v) is 10.6. The minimum atomic E-state index is -4.50. The minimum Gasteiger partial charge on any atom is -0.290 e. The van der Waals surface area contributed by atoms with Crippen molar-refractivity contribution < 1.29 is 18.0 Å². The molecule has 0 aliphatic heterocycles. The van der Waals surface area contributed by atoms with E-state index in [2.05, 4.69) is 20.4 Å². The summed E-state index contributed by atoms with van der Waals surface area (Å²) >= 11 is 0. The third kappa shape index (κ3) is 5.26. The van der Waals surface area contributed by atoms with E-state index in [4.69, 9.17) is 0 Å². The molecule has 4 rings (SSSR count). The van der Waals surface area contributed by atoms with Gasteiger partial charge in [-0.1, -0.05) is 30.3 Å². The van der Waals surface area contributed by atoms with Gasteiger partial charge in [0.1, 0.15) is 0 Å². The molecule has 1 N–H and O–H groups in total. The fourth-order valence-electron chi connectivity index (χ4n) is 3.37. The van der Waals surface area contributed by atoms with Crippen LogP contribution in [0.1, 0.15) is 35.8 Å². The van der Waals surface area contributed by atoms with Gasteiger partial charge in [-0.3, -0.25) is 14.9 Å². The Bertz CT molecular complexity index is 1420. The smallest absolute Gasteiger partial charge is 0.290 e. The van der Waals surface area contributed by atoms with Crippen LogP contribution in [0.4, 0.5) is 19.1 Å². The Morgan fingerprint density at radius 2 is 1.66 bits per heavy atom. The Morgan fingerprint density at radius 3 is 2.29 bits per heavy atom. The number of aromatic nitrogens is 4. The zero-order valence-corrected chi connectivity index (χ0v) is 18.7. The number of hydrogen-bond donors (Lipinski definition) is 1. The molecule has 0 radical (unpaired) electrons. The van der Waals surface area contributed by atoms with E-state index in [-0.39, 0.29) is 23.1 Å². The number of alkyl halides is 3. The van der Waals surface area contributed by atoms with Gasteiger partial charge >= 0.3 is 6.18 Å². The number of rotatable bonds is 5. The van der Waals surface area contributed by atoms with Gasteiger partial charge in [0.05, 0.1) is 23.0 Å². The van der Waals surface area contributed by atoms with Crippen molar-refractivity contribution in [1.29, 1.82) is 0 Å². The predicted molar refractivity (Wildman–Crippen MR) is 125 cm³/mol. The number of benzene rings is 2. The van der Waals surface area contributed by atoms with E-state index in [0.717, 1.165) is 29.8 Å². The summed E-state index contributed by atoms with van der Waals surface area (Å²) < 4.78 is 39.7. The zero-order chi connectivity index (χ0) is 25.2. The number of nitrogens with zero attached hydrogens (tertiary/aromatic N) is 4. The molecule has 0 unspecified atom stereocenters. The van der Waals surface area contributed by atoms with Gasteiger partial charge in [0.2, 0.25) is 5.95 Å². The summed E-state index contributed by atoms with van der Waals surface area (Å²) in [6.45, 7) is 3.68. The molecule has 2 aromatic heterocycles. The molecular formula is C25H20F3N5O2. The van der Waals surface area contributed by atoms with Crippen LogP contribution in [0.3, 0.4) is 0 Å². The van der Waals surface area contributed by atoms with Crippen molar-refractivity contribution in [2.45, 2.75) is 26.1 Å². The number of carbonyl (C=O) groups excluding carboxylic acids is 1. The molecule has 2 heterocycles. The number of anilines is 1. The second kappa shape index (κ2) is 9.49. The molecule has 1 amide bonds. The van der Waals surface area contributed by atoms with Crippen LogP contribution in [-0.4, -0.2) is 25.7 Å². The van der Waals surface area contributed by atoms with Gasteiger partial charge in [-0.05, 0) is 44.2 Å². The highest BCUT2D eigenvalue weighted by atomic mass is 19.4. The summed E-state index contributed by atoms with van der Waals surface area (Å²) in [5.74, 6) is -0.688. The lowest BCUT2D eigenvalue weighted by Crippen LogP contribution is -2.24. The number of carbonyl (C=O) groups is 1. The Balaban J connectivity index is 1.71. The zero-order valence-electron chi connectivity index (χ0n) is 18.7. The fourth-order valence-corrected chi connectivity index (χ4v) is 3.37. The third-order valence-corrected chi connectivity index (χ3v) is 5.13. The van der Waals surface area contributed by atoms with Gasteiger partial charge in [-0.2, -0.15) is 18.3 Å². The summed E-state index contributed by atoms with van der Waals surface area (Å²) in [5, 5.41) is 6.97. The van der Waals surface area contributed by atoms with Crippen LogP contribution in [0.25, 0.3) is 22.5 Å². The van der Waals surface area contributed by atoms with Gasteiger partial charge in [0, 0.05) is 29.0 Å². The molecule has 2 aromatic carbocycles. The second-order valence-electron chi connectivity index (χ2n) is 7.95. The van der Waals surface area contributed by atoms with Crippen molar-refractivity contribution in [3.8, 4) is 22.5 Å². The van der Waals surface area contributed by atoms with E-state index in [1.54, 1.807) is 6.07 Å². The van der Waals surface area contributed by atoms with Gasteiger partial charge in [-0.15, -0.1) is 0 Å². The molecule has 10 heteroatoms. The maximum Gasteiger partial charge on any atom is 0.416 e. The number of halogens is 3. The summed E-state index contributed by atoms with van der Waals surface area (Å²) in [6.07, 6.45) is -3.01. The first-order chi connectivity index (χ1) is 16.6. The highest BCUT2D eigenvalue weighted by molar-refractivity contribution is 6.03. The highest BCUT2D eigenvalue weighted by Gasteiger charge is 2.30. The SMILES string of the molecule is CC(C)n1nc(-c2cnc(NC(=O)c3ccc(C(F)(F)F)cc3)nc2-c2ccccc2)ccc1=O. The Kier molecular flexibility index (Phi) is 6.46. The van der Waals surface area contributed by atoms with Crippen LogP contribution in [0.5, 0.6) is 0 Å². The summed E-state index contributed by atoms with van der Waals surface area (Å²) in [6, 6.07) is 15.8. The highest BCUT2D eigenvalue weighted by Crippen LogP contribution is 2.30. The van der Waals surface area contributed by atoms with Crippen molar-refractivity contribution in [3.05, 3.63) is 94.4 Å². The number of hydrogen-bond acceptors (Lipinski definition) is 5. The predicted octanol–water partition coefficient (Wildman–Crippen LogP) is 5.22. The topological polar surface area (TPSA) is 89.8 Å². The van der Waals surface area contributed by atoms with Gasteiger partial charge < -0.3 is 0 Å². The van der Waals surface area contributed by atoms with Crippen LogP contribution >= 0.6 is 0 Å². The molecule has 0 saturated heterocycles. The van der Waals surface area contributed by atoms with Gasteiger partial charge in [0.25, 0.3) is 11.5 Å². The molecule has 0 atom stereocenters.